The maximum absolute atomic E-state index is 10.9. The van der Waals surface area contributed by atoms with Crippen LogP contribution in [0.4, 0.5) is 17.5 Å². The summed E-state index contributed by atoms with van der Waals surface area (Å²) in [7, 11) is 0. The highest BCUT2D eigenvalue weighted by atomic mass is 16.6. The highest BCUT2D eigenvalue weighted by Gasteiger charge is 2.30. The van der Waals surface area contributed by atoms with Crippen molar-refractivity contribution < 1.29 is 15.1 Å². The summed E-state index contributed by atoms with van der Waals surface area (Å²) < 4.78 is 0. The first-order chi connectivity index (χ1) is 9.01. The minimum atomic E-state index is -1.11. The lowest BCUT2D eigenvalue weighted by molar-refractivity contribution is -0.384. The molecule has 0 saturated carbocycles. The van der Waals surface area contributed by atoms with Gasteiger partial charge in [-0.25, -0.2) is 10.8 Å². The van der Waals surface area contributed by atoms with Crippen LogP contribution in [0.5, 0.6) is 0 Å². The van der Waals surface area contributed by atoms with Gasteiger partial charge in [0, 0.05) is 0 Å². The molecular formula is C9H16N6O4. The number of anilines is 2. The minimum absolute atomic E-state index is 0.0195. The Morgan fingerprint density at radius 3 is 2.58 bits per heavy atom. The van der Waals surface area contributed by atoms with Gasteiger partial charge in [0.05, 0.1) is 23.7 Å². The Kier molecular flexibility index (Phi) is 4.92. The molecule has 1 aromatic rings. The zero-order valence-electron chi connectivity index (χ0n) is 10.3. The second-order valence-electron chi connectivity index (χ2n) is 3.90. The fraction of sp³-hybridized carbons (Fsp3) is 0.556. The molecule has 1 rings (SSSR count). The first kappa shape index (κ1) is 15.0. The van der Waals surface area contributed by atoms with E-state index in [1.807, 2.05) is 0 Å². The number of nitrogens with two attached hydrogens (primary N) is 1. The van der Waals surface area contributed by atoms with Gasteiger partial charge in [-0.3, -0.25) is 15.5 Å². The molecule has 10 heteroatoms. The predicted molar refractivity (Wildman–Crippen MR) is 67.3 cm³/mol. The molecular weight excluding hydrogens is 256 g/mol. The zero-order valence-corrected chi connectivity index (χ0v) is 10.3. The van der Waals surface area contributed by atoms with Gasteiger partial charge in [0.25, 0.3) is 0 Å². The van der Waals surface area contributed by atoms with E-state index in [9.17, 15) is 20.3 Å². The standard InChI is InChI=1S/C9H16N6O4/c1-2-9(4-16,5-17)13-7-6(15(18)19)3-11-8(12-7)14-10/h3,16-17H,2,4-5,10H2,1H3,(H2,11,12,13,14). The summed E-state index contributed by atoms with van der Waals surface area (Å²) in [6.45, 7) is 0.896. The van der Waals surface area contributed by atoms with Crippen LogP contribution in [0.25, 0.3) is 0 Å². The van der Waals surface area contributed by atoms with Crippen LogP contribution in [0, 0.1) is 10.1 Å². The van der Waals surface area contributed by atoms with E-state index in [2.05, 4.69) is 20.7 Å². The number of hydrogen-bond donors (Lipinski definition) is 5. The van der Waals surface area contributed by atoms with Crippen molar-refractivity contribution in [2.75, 3.05) is 24.0 Å². The number of nitro groups is 1. The molecule has 6 N–H and O–H groups in total. The normalized spacial score (nSPS) is 11.2. The lowest BCUT2D eigenvalue weighted by Gasteiger charge is -2.29. The smallest absolute Gasteiger partial charge is 0.329 e. The topological polar surface area (TPSA) is 159 Å². The van der Waals surface area contributed by atoms with Crippen molar-refractivity contribution in [3.63, 3.8) is 0 Å². The Bertz CT molecular complexity index is 442. The number of aromatic nitrogens is 2. The van der Waals surface area contributed by atoms with Gasteiger partial charge in [0.1, 0.15) is 6.20 Å². The number of aliphatic hydroxyl groups excluding tert-OH is 2. The molecule has 0 bridgehead atoms. The van der Waals surface area contributed by atoms with E-state index in [0.29, 0.717) is 6.42 Å². The van der Waals surface area contributed by atoms with Crippen LogP contribution < -0.4 is 16.6 Å². The Hall–Kier alpha value is -2.04. The highest BCUT2D eigenvalue weighted by molar-refractivity contribution is 5.58. The van der Waals surface area contributed by atoms with Crippen LogP contribution in [0.15, 0.2) is 6.20 Å². The summed E-state index contributed by atoms with van der Waals surface area (Å²) in [5.41, 5.74) is 0.681. The number of nitrogens with zero attached hydrogens (tertiary/aromatic N) is 3. The van der Waals surface area contributed by atoms with Crippen LogP contribution >= 0.6 is 0 Å². The Morgan fingerprint density at radius 1 is 1.53 bits per heavy atom. The molecule has 0 aliphatic heterocycles. The van der Waals surface area contributed by atoms with Crippen molar-refractivity contribution in [2.45, 2.75) is 18.9 Å². The van der Waals surface area contributed by atoms with Gasteiger partial charge in [-0.05, 0) is 6.42 Å². The van der Waals surface area contributed by atoms with E-state index in [0.717, 1.165) is 6.20 Å². The molecule has 0 amide bonds. The van der Waals surface area contributed by atoms with E-state index < -0.39 is 23.7 Å². The summed E-state index contributed by atoms with van der Waals surface area (Å²) >= 11 is 0. The van der Waals surface area contributed by atoms with Crippen LogP contribution in [0.1, 0.15) is 13.3 Å². The minimum Gasteiger partial charge on any atom is -0.394 e. The molecule has 10 nitrogen and oxygen atoms in total. The summed E-state index contributed by atoms with van der Waals surface area (Å²) in [5.74, 6) is 4.99. The Labute approximate surface area is 108 Å². The van der Waals surface area contributed by atoms with E-state index in [4.69, 9.17) is 5.84 Å². The Balaban J connectivity index is 3.19. The molecule has 106 valence electrons. The third-order valence-electron chi connectivity index (χ3n) is 2.76. The molecule has 0 unspecified atom stereocenters. The van der Waals surface area contributed by atoms with Gasteiger partial charge < -0.3 is 15.5 Å². The molecule has 0 spiro atoms. The molecule has 1 heterocycles. The van der Waals surface area contributed by atoms with Crippen LogP contribution in [0.3, 0.4) is 0 Å². The molecule has 0 fully saturated rings. The van der Waals surface area contributed by atoms with Gasteiger partial charge in [0.15, 0.2) is 0 Å². The van der Waals surface area contributed by atoms with Gasteiger partial charge in [0.2, 0.25) is 11.8 Å². The second-order valence-corrected chi connectivity index (χ2v) is 3.90. The summed E-state index contributed by atoms with van der Waals surface area (Å²) in [6, 6.07) is 0. The van der Waals surface area contributed by atoms with Crippen molar-refractivity contribution in [3.8, 4) is 0 Å². The van der Waals surface area contributed by atoms with E-state index in [1.165, 1.54) is 0 Å². The quantitative estimate of drug-likeness (QED) is 0.243. The largest absolute Gasteiger partial charge is 0.394 e. The molecule has 0 aliphatic rings. The highest BCUT2D eigenvalue weighted by Crippen LogP contribution is 2.26. The van der Waals surface area contributed by atoms with Crippen LogP contribution in [-0.2, 0) is 0 Å². The first-order valence-corrected chi connectivity index (χ1v) is 5.50. The lowest BCUT2D eigenvalue weighted by atomic mass is 9.98. The van der Waals surface area contributed by atoms with E-state index >= 15 is 0 Å². The fourth-order valence-corrected chi connectivity index (χ4v) is 1.36. The number of nitrogen functional groups attached to an aromatic ring is 1. The third-order valence-corrected chi connectivity index (χ3v) is 2.76. The van der Waals surface area contributed by atoms with Crippen LogP contribution in [-0.4, -0.2) is 43.9 Å². The van der Waals surface area contributed by atoms with Gasteiger partial charge in [-0.2, -0.15) is 4.98 Å². The molecule has 0 aliphatic carbocycles. The number of nitrogens with one attached hydrogen (secondary N) is 2. The van der Waals surface area contributed by atoms with Gasteiger partial charge in [-0.1, -0.05) is 6.92 Å². The van der Waals surface area contributed by atoms with Crippen molar-refractivity contribution in [3.05, 3.63) is 16.3 Å². The van der Waals surface area contributed by atoms with E-state index in [1.54, 1.807) is 6.92 Å². The summed E-state index contributed by atoms with van der Waals surface area (Å²) in [5, 5.41) is 32.2. The molecule has 1 aromatic heterocycles. The molecule has 0 saturated heterocycles. The Morgan fingerprint density at radius 2 is 2.16 bits per heavy atom. The van der Waals surface area contributed by atoms with Crippen molar-refractivity contribution in [1.82, 2.24) is 9.97 Å². The predicted octanol–water partition coefficient (Wildman–Crippen LogP) is -0.784. The van der Waals surface area contributed by atoms with Gasteiger partial charge >= 0.3 is 5.69 Å². The van der Waals surface area contributed by atoms with Crippen molar-refractivity contribution in [1.29, 1.82) is 0 Å². The monoisotopic (exact) mass is 272 g/mol. The van der Waals surface area contributed by atoms with Crippen molar-refractivity contribution >= 4 is 17.5 Å². The summed E-state index contributed by atoms with van der Waals surface area (Å²) in [4.78, 5) is 17.7. The average molecular weight is 272 g/mol. The molecule has 0 atom stereocenters. The van der Waals surface area contributed by atoms with E-state index in [-0.39, 0.29) is 17.5 Å². The average Bonchev–Trinajstić information content (AvgIpc) is 2.44. The number of hydrazine groups is 1. The second kappa shape index (κ2) is 6.22. The SMILES string of the molecule is CCC(CO)(CO)Nc1nc(NN)ncc1[N+](=O)[O-]. The van der Waals surface area contributed by atoms with Gasteiger partial charge in [-0.15, -0.1) is 0 Å². The fourth-order valence-electron chi connectivity index (χ4n) is 1.36. The lowest BCUT2D eigenvalue weighted by Crippen LogP contribution is -2.45. The maximum Gasteiger partial charge on any atom is 0.329 e. The molecule has 19 heavy (non-hydrogen) atoms. The number of hydrogen-bond acceptors (Lipinski definition) is 9. The molecule has 0 radical (unpaired) electrons. The number of aliphatic hydroxyl groups is 2. The third kappa shape index (κ3) is 3.24. The number of rotatable bonds is 7. The zero-order chi connectivity index (χ0) is 14.5. The van der Waals surface area contributed by atoms with Crippen LogP contribution in [0.2, 0.25) is 0 Å². The molecule has 0 aromatic carbocycles. The first-order valence-electron chi connectivity index (χ1n) is 5.50. The van der Waals surface area contributed by atoms with Crippen molar-refractivity contribution in [2.24, 2.45) is 5.84 Å². The summed E-state index contributed by atoms with van der Waals surface area (Å²) in [6.07, 6.45) is 1.33. The maximum atomic E-state index is 10.9.